The molecule has 0 aliphatic carbocycles. The lowest BCUT2D eigenvalue weighted by Crippen LogP contribution is -2.44. The fourth-order valence-corrected chi connectivity index (χ4v) is 4.88. The van der Waals surface area contributed by atoms with Crippen LogP contribution in [0.2, 0.25) is 0 Å². The highest BCUT2D eigenvalue weighted by Gasteiger charge is 2.45. The number of cyclic esters (lactones) is 1. The number of aliphatic hydroxyl groups is 1. The molecule has 0 radical (unpaired) electrons. The van der Waals surface area contributed by atoms with Gasteiger partial charge in [0, 0.05) is 23.1 Å². The molecule has 3 aromatic rings. The zero-order chi connectivity index (χ0) is 23.5. The number of nitrogens with zero attached hydrogens (tertiary/aromatic N) is 2. The van der Waals surface area contributed by atoms with Crippen molar-refractivity contribution in [1.82, 2.24) is 14.9 Å². The molecular weight excluding hydrogens is 490 g/mol. The number of halogens is 1. The van der Waals surface area contributed by atoms with E-state index in [4.69, 9.17) is 9.72 Å². The summed E-state index contributed by atoms with van der Waals surface area (Å²) in [5.41, 5.74) is 3.42. The summed E-state index contributed by atoms with van der Waals surface area (Å²) in [5.74, 6) is -0.825. The minimum atomic E-state index is -1.84. The summed E-state index contributed by atoms with van der Waals surface area (Å²) in [6.45, 7) is 4.30. The molecule has 33 heavy (non-hydrogen) atoms. The van der Waals surface area contributed by atoms with E-state index in [-0.39, 0.29) is 29.8 Å². The van der Waals surface area contributed by atoms with Gasteiger partial charge < -0.3 is 19.7 Å². The summed E-state index contributed by atoms with van der Waals surface area (Å²) in [5, 5.41) is 15.0. The number of amides is 1. The first kappa shape index (κ1) is 21.8. The number of carbonyl (C=O) groups is 2. The maximum absolute atomic E-state index is 13.3. The number of aromatic nitrogens is 2. The molecule has 9 heteroatoms. The van der Waals surface area contributed by atoms with Crippen LogP contribution in [0.15, 0.2) is 29.1 Å². The highest BCUT2D eigenvalue weighted by Crippen LogP contribution is 2.40. The molecule has 2 aliphatic heterocycles. The standard InChI is InChI=1S/C24H22BrN3O5/c1-3-24(32)17-7-19-21-15(10-28(19)22(30)16(17)11-33-23(24)31)12(2)14-6-13(4-5-18(14)27-21)9-26-20(29)8-25/h4-7,32H,3,8-11H2,1-2H3,(H,26,29)/t24-/m0/s1. The number of nitrogens with one attached hydrogen (secondary N) is 1. The van der Waals surface area contributed by atoms with Crippen LogP contribution >= 0.6 is 15.9 Å². The number of hydrogen-bond acceptors (Lipinski definition) is 6. The van der Waals surface area contributed by atoms with Crippen LogP contribution in [0, 0.1) is 6.92 Å². The first-order chi connectivity index (χ1) is 15.8. The Morgan fingerprint density at radius 2 is 2.09 bits per heavy atom. The van der Waals surface area contributed by atoms with Crippen LogP contribution in [0.1, 0.15) is 41.2 Å². The highest BCUT2D eigenvalue weighted by atomic mass is 79.9. The van der Waals surface area contributed by atoms with Crippen molar-refractivity contribution < 1.29 is 19.4 Å². The molecule has 2 aliphatic rings. The smallest absolute Gasteiger partial charge is 0.343 e. The first-order valence-electron chi connectivity index (χ1n) is 10.7. The Balaban J connectivity index is 1.65. The molecule has 8 nitrogen and oxygen atoms in total. The van der Waals surface area contributed by atoms with Crippen LogP contribution in [-0.4, -0.2) is 31.9 Å². The van der Waals surface area contributed by atoms with Crippen LogP contribution < -0.4 is 10.9 Å². The summed E-state index contributed by atoms with van der Waals surface area (Å²) < 4.78 is 6.76. The van der Waals surface area contributed by atoms with Gasteiger partial charge in [0.1, 0.15) is 6.61 Å². The molecule has 0 spiro atoms. The quantitative estimate of drug-likeness (QED) is 0.321. The second kappa shape index (κ2) is 7.78. The molecule has 170 valence electrons. The van der Waals surface area contributed by atoms with E-state index < -0.39 is 11.6 Å². The third-order valence-corrected chi connectivity index (χ3v) is 7.16. The monoisotopic (exact) mass is 511 g/mol. The van der Waals surface area contributed by atoms with Crippen molar-refractivity contribution in [2.45, 2.75) is 45.6 Å². The van der Waals surface area contributed by atoms with Gasteiger partial charge in [0.2, 0.25) is 5.91 Å². The molecule has 1 aromatic carbocycles. The lowest BCUT2D eigenvalue weighted by Gasteiger charge is -2.31. The number of fused-ring (bicyclic) bond motifs is 5. The molecule has 0 saturated heterocycles. The maximum atomic E-state index is 13.3. The second-order valence-electron chi connectivity index (χ2n) is 8.43. The summed E-state index contributed by atoms with van der Waals surface area (Å²) in [6, 6.07) is 7.54. The van der Waals surface area contributed by atoms with Gasteiger partial charge in [-0.3, -0.25) is 9.59 Å². The molecule has 5 rings (SSSR count). The molecule has 0 unspecified atom stereocenters. The average molecular weight is 512 g/mol. The van der Waals surface area contributed by atoms with Gasteiger partial charge in [0.05, 0.1) is 34.3 Å². The third kappa shape index (κ3) is 3.21. The van der Waals surface area contributed by atoms with Crippen LogP contribution in [0.4, 0.5) is 0 Å². The predicted molar refractivity (Wildman–Crippen MR) is 125 cm³/mol. The van der Waals surface area contributed by atoms with Crippen molar-refractivity contribution in [3.63, 3.8) is 0 Å². The van der Waals surface area contributed by atoms with Gasteiger partial charge in [0.15, 0.2) is 5.60 Å². The zero-order valence-corrected chi connectivity index (χ0v) is 19.8. The van der Waals surface area contributed by atoms with Crippen molar-refractivity contribution in [3.8, 4) is 11.4 Å². The van der Waals surface area contributed by atoms with Gasteiger partial charge in [-0.1, -0.05) is 28.9 Å². The largest absolute Gasteiger partial charge is 0.458 e. The van der Waals surface area contributed by atoms with Crippen LogP contribution in [-0.2, 0) is 39.6 Å². The van der Waals surface area contributed by atoms with Crippen LogP contribution in [0.5, 0.6) is 0 Å². The van der Waals surface area contributed by atoms with E-state index >= 15 is 0 Å². The van der Waals surface area contributed by atoms with Crippen molar-refractivity contribution in [2.75, 3.05) is 5.33 Å². The van der Waals surface area contributed by atoms with E-state index in [2.05, 4.69) is 21.2 Å². The lowest BCUT2D eigenvalue weighted by molar-refractivity contribution is -0.172. The predicted octanol–water partition coefficient (Wildman–Crippen LogP) is 2.40. The Morgan fingerprint density at radius 3 is 2.82 bits per heavy atom. The molecular formula is C24H22BrN3O5. The molecule has 4 heterocycles. The van der Waals surface area contributed by atoms with Crippen LogP contribution in [0.25, 0.3) is 22.3 Å². The minimum Gasteiger partial charge on any atom is -0.458 e. The maximum Gasteiger partial charge on any atom is 0.343 e. The van der Waals surface area contributed by atoms with Crippen molar-refractivity contribution in [1.29, 1.82) is 0 Å². The topological polar surface area (TPSA) is 111 Å². The van der Waals surface area contributed by atoms with Gasteiger partial charge >= 0.3 is 5.97 Å². The van der Waals surface area contributed by atoms with Gasteiger partial charge in [0.25, 0.3) is 5.56 Å². The molecule has 1 atom stereocenters. The number of alkyl halides is 1. The number of rotatable bonds is 4. The molecule has 0 saturated carbocycles. The van der Waals surface area contributed by atoms with Gasteiger partial charge in [-0.2, -0.15) is 0 Å². The first-order valence-corrected chi connectivity index (χ1v) is 11.8. The molecule has 0 bridgehead atoms. The summed E-state index contributed by atoms with van der Waals surface area (Å²) in [6.07, 6.45) is 0.104. The Bertz CT molecular complexity index is 1410. The normalized spacial score (nSPS) is 18.5. The van der Waals surface area contributed by atoms with E-state index in [1.165, 1.54) is 0 Å². The van der Waals surface area contributed by atoms with Gasteiger partial charge in [-0.25, -0.2) is 9.78 Å². The number of carbonyl (C=O) groups excluding carboxylic acids is 2. The Kier molecular flexibility index (Phi) is 5.13. The SMILES string of the molecule is CC[C@@]1(O)C(=O)OCc2c1cc1n(c2=O)Cc2c-1nc1ccc(CNC(=O)CBr)cc1c2C. The Morgan fingerprint density at radius 1 is 1.30 bits per heavy atom. The van der Waals surface area contributed by atoms with E-state index in [0.717, 1.165) is 27.6 Å². The van der Waals surface area contributed by atoms with Crippen molar-refractivity contribution in [2.24, 2.45) is 0 Å². The molecule has 2 aromatic heterocycles. The number of aryl methyl sites for hydroxylation is 1. The number of ether oxygens (including phenoxy) is 1. The Labute approximate surface area is 197 Å². The number of pyridine rings is 2. The van der Waals surface area contributed by atoms with Gasteiger partial charge in [-0.05, 0) is 42.7 Å². The van der Waals surface area contributed by atoms with Gasteiger partial charge in [-0.15, -0.1) is 0 Å². The zero-order valence-electron chi connectivity index (χ0n) is 18.2. The molecule has 2 N–H and O–H groups in total. The number of esters is 1. The Hall–Kier alpha value is -3.04. The number of hydrogen-bond donors (Lipinski definition) is 2. The van der Waals surface area contributed by atoms with Crippen LogP contribution in [0.3, 0.4) is 0 Å². The summed E-state index contributed by atoms with van der Waals surface area (Å²) >= 11 is 3.14. The number of benzene rings is 1. The van der Waals surface area contributed by atoms with Crippen molar-refractivity contribution >= 4 is 38.7 Å². The van der Waals surface area contributed by atoms with E-state index in [1.54, 1.807) is 17.6 Å². The summed E-state index contributed by atoms with van der Waals surface area (Å²) in [7, 11) is 0. The van der Waals surface area contributed by atoms with Crippen molar-refractivity contribution in [3.05, 3.63) is 62.4 Å². The summed E-state index contributed by atoms with van der Waals surface area (Å²) in [4.78, 5) is 42.0. The second-order valence-corrected chi connectivity index (χ2v) is 8.99. The average Bonchev–Trinajstić information content (AvgIpc) is 3.19. The fourth-order valence-electron chi connectivity index (χ4n) is 4.68. The van der Waals surface area contributed by atoms with E-state index in [9.17, 15) is 19.5 Å². The fraction of sp³-hybridized carbons (Fsp3) is 0.333. The van der Waals surface area contributed by atoms with E-state index in [0.29, 0.717) is 35.6 Å². The molecule has 1 amide bonds. The highest BCUT2D eigenvalue weighted by molar-refractivity contribution is 9.09. The molecule has 0 fully saturated rings. The minimum absolute atomic E-state index is 0.0906. The lowest BCUT2D eigenvalue weighted by atomic mass is 9.86. The third-order valence-electron chi connectivity index (χ3n) is 6.65. The van der Waals surface area contributed by atoms with E-state index in [1.807, 2.05) is 25.1 Å².